The molecule has 3 heteroatoms. The summed E-state index contributed by atoms with van der Waals surface area (Å²) in [6, 6.07) is 3.88. The van der Waals surface area contributed by atoms with Gasteiger partial charge in [-0.25, -0.2) is 4.98 Å². The number of thiazole rings is 1. The van der Waals surface area contributed by atoms with Crippen LogP contribution in [0.1, 0.15) is 0 Å². The minimum Gasteiger partial charge on any atom is -0.264 e. The van der Waals surface area contributed by atoms with Crippen molar-refractivity contribution in [2.45, 2.75) is 0 Å². The normalized spacial score (nSPS) is 9.82. The summed E-state index contributed by atoms with van der Waals surface area (Å²) in [7, 11) is 0. The minimum absolute atomic E-state index is 0.947. The zero-order valence-corrected chi connectivity index (χ0v) is 6.51. The smallest absolute Gasteiger partial charge is 0.152 e. The molecule has 0 atom stereocenters. The second-order valence-corrected chi connectivity index (χ2v) is 2.72. The fraction of sp³-hybridized carbons (Fsp3) is 0. The van der Waals surface area contributed by atoms with Crippen LogP contribution in [0, 0.1) is 5.51 Å². The topological polar surface area (TPSA) is 25.8 Å². The monoisotopic (exact) mass is 161 g/mol. The van der Waals surface area contributed by atoms with Crippen molar-refractivity contribution in [1.29, 1.82) is 0 Å². The first-order valence-corrected chi connectivity index (χ1v) is 4.07. The van der Waals surface area contributed by atoms with Crippen molar-refractivity contribution in [3.8, 4) is 11.3 Å². The van der Waals surface area contributed by atoms with Crippen LogP contribution in [0.2, 0.25) is 0 Å². The lowest BCUT2D eigenvalue weighted by molar-refractivity contribution is 1.30. The van der Waals surface area contributed by atoms with Crippen molar-refractivity contribution in [2.75, 3.05) is 0 Å². The fourth-order valence-corrected chi connectivity index (χ4v) is 1.34. The Morgan fingerprint density at radius 2 is 2.45 bits per heavy atom. The molecule has 2 rings (SSSR count). The molecular formula is C8H5N2S. The first-order chi connectivity index (χ1) is 5.47. The molecule has 2 aromatic heterocycles. The summed E-state index contributed by atoms with van der Waals surface area (Å²) in [5, 5.41) is 1.96. The van der Waals surface area contributed by atoms with E-state index in [0.29, 0.717) is 0 Å². The van der Waals surface area contributed by atoms with Gasteiger partial charge in [0, 0.05) is 23.3 Å². The molecule has 2 heterocycles. The van der Waals surface area contributed by atoms with E-state index < -0.39 is 0 Å². The zero-order valence-electron chi connectivity index (χ0n) is 5.69. The van der Waals surface area contributed by atoms with Crippen molar-refractivity contribution in [3.05, 3.63) is 35.4 Å². The molecule has 0 N–H and O–H groups in total. The number of aromatic nitrogens is 2. The maximum absolute atomic E-state index is 4.04. The lowest BCUT2D eigenvalue weighted by Crippen LogP contribution is -1.76. The van der Waals surface area contributed by atoms with E-state index in [9.17, 15) is 0 Å². The molecule has 0 saturated carbocycles. The van der Waals surface area contributed by atoms with Gasteiger partial charge in [0.2, 0.25) is 0 Å². The number of hydrogen-bond acceptors (Lipinski definition) is 3. The summed E-state index contributed by atoms with van der Waals surface area (Å²) in [5.74, 6) is 0. The maximum Gasteiger partial charge on any atom is 0.152 e. The summed E-state index contributed by atoms with van der Waals surface area (Å²) >= 11 is 1.47. The molecule has 53 valence electrons. The molecule has 0 bridgehead atoms. The van der Waals surface area contributed by atoms with Crippen molar-refractivity contribution < 1.29 is 0 Å². The molecule has 0 aliphatic heterocycles. The van der Waals surface area contributed by atoms with Crippen LogP contribution < -0.4 is 0 Å². The average molecular weight is 161 g/mol. The van der Waals surface area contributed by atoms with E-state index in [0.717, 1.165) is 11.3 Å². The summed E-state index contributed by atoms with van der Waals surface area (Å²) in [6.45, 7) is 0. The summed E-state index contributed by atoms with van der Waals surface area (Å²) in [6.07, 6.45) is 3.54. The van der Waals surface area contributed by atoms with Gasteiger partial charge in [-0.1, -0.05) is 0 Å². The maximum atomic E-state index is 4.04. The van der Waals surface area contributed by atoms with Gasteiger partial charge >= 0.3 is 0 Å². The van der Waals surface area contributed by atoms with Crippen molar-refractivity contribution in [3.63, 3.8) is 0 Å². The third kappa shape index (κ3) is 1.28. The van der Waals surface area contributed by atoms with Gasteiger partial charge < -0.3 is 0 Å². The predicted octanol–water partition coefficient (Wildman–Crippen LogP) is 2.01. The van der Waals surface area contributed by atoms with E-state index in [-0.39, 0.29) is 0 Å². The van der Waals surface area contributed by atoms with Crippen LogP contribution in [-0.2, 0) is 0 Å². The molecule has 0 aliphatic rings. The SMILES string of the molecule is [c]1nc(-c2cccnc2)cs1. The van der Waals surface area contributed by atoms with Gasteiger partial charge in [-0.05, 0) is 12.1 Å². The molecule has 0 fully saturated rings. The Kier molecular flexibility index (Phi) is 1.65. The van der Waals surface area contributed by atoms with E-state index in [2.05, 4.69) is 15.5 Å². The van der Waals surface area contributed by atoms with E-state index in [1.165, 1.54) is 11.3 Å². The van der Waals surface area contributed by atoms with E-state index in [1.807, 2.05) is 17.5 Å². The molecule has 0 amide bonds. The van der Waals surface area contributed by atoms with Crippen molar-refractivity contribution >= 4 is 11.3 Å². The molecule has 2 aromatic rings. The Labute approximate surface area is 68.6 Å². The Morgan fingerprint density at radius 1 is 1.45 bits per heavy atom. The van der Waals surface area contributed by atoms with Crippen LogP contribution in [0.15, 0.2) is 29.9 Å². The fourth-order valence-electron chi connectivity index (χ4n) is 0.831. The summed E-state index contributed by atoms with van der Waals surface area (Å²) in [5.41, 5.74) is 4.79. The van der Waals surface area contributed by atoms with Gasteiger partial charge in [-0.3, -0.25) is 4.98 Å². The van der Waals surface area contributed by atoms with Crippen LogP contribution in [0.3, 0.4) is 0 Å². The highest BCUT2D eigenvalue weighted by molar-refractivity contribution is 7.07. The number of hydrogen-bond donors (Lipinski definition) is 0. The van der Waals surface area contributed by atoms with Crippen LogP contribution in [0.25, 0.3) is 11.3 Å². The standard InChI is InChI=1S/C8H5N2S/c1-2-7(4-9-3-1)8-5-11-6-10-8/h1-5H. The molecule has 0 aromatic carbocycles. The average Bonchev–Trinajstić information content (AvgIpc) is 2.58. The second-order valence-electron chi connectivity index (χ2n) is 2.07. The van der Waals surface area contributed by atoms with Gasteiger partial charge in [-0.2, -0.15) is 0 Å². The largest absolute Gasteiger partial charge is 0.264 e. The predicted molar refractivity (Wildman–Crippen MR) is 44.2 cm³/mol. The van der Waals surface area contributed by atoms with Crippen LogP contribution in [0.4, 0.5) is 0 Å². The third-order valence-electron chi connectivity index (χ3n) is 1.35. The molecule has 0 spiro atoms. The van der Waals surface area contributed by atoms with E-state index >= 15 is 0 Å². The molecule has 2 nitrogen and oxygen atoms in total. The van der Waals surface area contributed by atoms with Crippen molar-refractivity contribution in [1.82, 2.24) is 9.97 Å². The summed E-state index contributed by atoms with van der Waals surface area (Å²) < 4.78 is 0. The number of rotatable bonds is 1. The first kappa shape index (κ1) is 6.49. The zero-order chi connectivity index (χ0) is 7.52. The highest BCUT2D eigenvalue weighted by atomic mass is 32.1. The van der Waals surface area contributed by atoms with Gasteiger partial charge in [0.1, 0.15) is 0 Å². The Morgan fingerprint density at radius 3 is 3.09 bits per heavy atom. The van der Waals surface area contributed by atoms with Crippen LogP contribution in [-0.4, -0.2) is 9.97 Å². The van der Waals surface area contributed by atoms with E-state index in [4.69, 9.17) is 0 Å². The Hall–Kier alpha value is -1.22. The minimum atomic E-state index is 0.947. The van der Waals surface area contributed by atoms with Gasteiger partial charge in [0.25, 0.3) is 0 Å². The third-order valence-corrected chi connectivity index (χ3v) is 1.88. The Bertz CT molecular complexity index is 315. The van der Waals surface area contributed by atoms with Gasteiger partial charge in [-0.15, -0.1) is 11.3 Å². The van der Waals surface area contributed by atoms with Crippen LogP contribution in [0.5, 0.6) is 0 Å². The highest BCUT2D eigenvalue weighted by Crippen LogP contribution is 2.16. The van der Waals surface area contributed by atoms with Crippen molar-refractivity contribution in [2.24, 2.45) is 0 Å². The quantitative estimate of drug-likeness (QED) is 0.639. The second kappa shape index (κ2) is 2.80. The molecule has 0 aliphatic carbocycles. The van der Waals surface area contributed by atoms with Crippen LogP contribution >= 0.6 is 11.3 Å². The molecule has 11 heavy (non-hydrogen) atoms. The highest BCUT2D eigenvalue weighted by Gasteiger charge is 1.96. The van der Waals surface area contributed by atoms with Gasteiger partial charge in [0.05, 0.1) is 5.69 Å². The lowest BCUT2D eigenvalue weighted by atomic mass is 10.2. The number of nitrogens with zero attached hydrogens (tertiary/aromatic N) is 2. The number of pyridine rings is 1. The molecule has 1 radical (unpaired) electrons. The molecular weight excluding hydrogens is 156 g/mol. The van der Waals surface area contributed by atoms with E-state index in [1.54, 1.807) is 12.4 Å². The Balaban J connectivity index is 2.46. The molecule has 0 saturated heterocycles. The summed E-state index contributed by atoms with van der Waals surface area (Å²) in [4.78, 5) is 8.03. The van der Waals surface area contributed by atoms with Gasteiger partial charge in [0.15, 0.2) is 5.51 Å². The first-order valence-electron chi connectivity index (χ1n) is 3.19. The molecule has 0 unspecified atom stereocenters. The lowest BCUT2D eigenvalue weighted by Gasteiger charge is -1.91.